The molecule has 1 aromatic rings. The summed E-state index contributed by atoms with van der Waals surface area (Å²) in [4.78, 5) is 0. The maximum Gasteiger partial charge on any atom is 0.104 e. The van der Waals surface area contributed by atoms with Gasteiger partial charge in [-0.3, -0.25) is 0 Å². The van der Waals surface area contributed by atoms with Gasteiger partial charge in [-0.2, -0.15) is 0 Å². The van der Waals surface area contributed by atoms with Crippen molar-refractivity contribution in [3.05, 3.63) is 34.4 Å². The van der Waals surface area contributed by atoms with Crippen molar-refractivity contribution in [2.45, 2.75) is 97.6 Å². The normalized spacial score (nSPS) is 12.6. The third-order valence-corrected chi connectivity index (χ3v) is 5.79. The molecule has 0 unspecified atom stereocenters. The van der Waals surface area contributed by atoms with Crippen LogP contribution in [-0.4, -0.2) is 51.3 Å². The summed E-state index contributed by atoms with van der Waals surface area (Å²) in [7, 11) is 13.8. The molecule has 168 valence electrons. The van der Waals surface area contributed by atoms with Crippen LogP contribution in [0.25, 0.3) is 0 Å². The number of aryl methyl sites for hydroxylation is 1. The molecule has 0 atom stereocenters. The van der Waals surface area contributed by atoms with Gasteiger partial charge >= 0.3 is 0 Å². The van der Waals surface area contributed by atoms with Gasteiger partial charge in [-0.1, -0.05) is 64.7 Å². The van der Waals surface area contributed by atoms with E-state index in [2.05, 4.69) is 68.3 Å². The van der Waals surface area contributed by atoms with Crippen LogP contribution in [0.2, 0.25) is 0 Å². The van der Waals surface area contributed by atoms with Crippen LogP contribution in [0.5, 0.6) is 0 Å². The average molecular weight is 405 g/mol. The molecule has 29 heavy (non-hydrogen) atoms. The lowest BCUT2D eigenvalue weighted by molar-refractivity contribution is -0.884. The molecule has 0 heterocycles. The lowest BCUT2D eigenvalue weighted by Crippen LogP contribution is -2.35. The Morgan fingerprint density at radius 2 is 0.966 bits per heavy atom. The first-order valence-electron chi connectivity index (χ1n) is 12.2. The first-order valence-corrected chi connectivity index (χ1v) is 12.2. The summed E-state index contributed by atoms with van der Waals surface area (Å²) in [5.41, 5.74) is 6.16. The zero-order valence-corrected chi connectivity index (χ0v) is 21.2. The first-order chi connectivity index (χ1) is 13.5. The highest BCUT2D eigenvalue weighted by molar-refractivity contribution is 5.38. The second kappa shape index (κ2) is 12.7. The molecule has 0 saturated heterocycles. The molecule has 0 fully saturated rings. The van der Waals surface area contributed by atoms with Gasteiger partial charge in [-0.15, -0.1) is 0 Å². The number of hydrogen-bond donors (Lipinski definition) is 0. The molecule has 0 aromatic heterocycles. The Hall–Kier alpha value is -0.860. The highest BCUT2D eigenvalue weighted by Crippen LogP contribution is 2.23. The fourth-order valence-electron chi connectivity index (χ4n) is 4.22. The summed E-state index contributed by atoms with van der Waals surface area (Å²) in [6.07, 6.45) is 15.4. The summed E-state index contributed by atoms with van der Waals surface area (Å²) in [6, 6.07) is 5.01. The van der Waals surface area contributed by atoms with E-state index in [-0.39, 0.29) is 0 Å². The first kappa shape index (κ1) is 26.2. The van der Waals surface area contributed by atoms with Crippen molar-refractivity contribution in [2.75, 3.05) is 42.3 Å². The third kappa shape index (κ3) is 12.4. The number of hydrogen-bond acceptors (Lipinski definition) is 0. The van der Waals surface area contributed by atoms with Crippen molar-refractivity contribution >= 4 is 0 Å². The number of rotatable bonds is 15. The van der Waals surface area contributed by atoms with E-state index in [9.17, 15) is 0 Å². The molecule has 0 aliphatic rings. The standard InChI is InChI=1S/C27H52N2/c1-9-10-11-12-13-14-15-16-17-18-19-25-20-26(22-28(3,4)5)24(2)27(21-25)23-29(6,7)8/h20-21H,9-19,22-23H2,1-8H3/q+2. The predicted octanol–water partition coefficient (Wildman–Crippen LogP) is 6.87. The third-order valence-electron chi connectivity index (χ3n) is 5.79. The number of nitrogens with zero attached hydrogens (tertiary/aromatic N) is 2. The van der Waals surface area contributed by atoms with Gasteiger partial charge in [-0.25, -0.2) is 0 Å². The Morgan fingerprint density at radius 1 is 0.586 bits per heavy atom. The van der Waals surface area contributed by atoms with Gasteiger partial charge in [0.2, 0.25) is 0 Å². The van der Waals surface area contributed by atoms with Gasteiger partial charge in [-0.05, 0) is 43.0 Å². The van der Waals surface area contributed by atoms with Crippen molar-refractivity contribution in [3.63, 3.8) is 0 Å². The van der Waals surface area contributed by atoms with E-state index in [0.29, 0.717) is 0 Å². The summed E-state index contributed by atoms with van der Waals surface area (Å²) >= 11 is 0. The van der Waals surface area contributed by atoms with Crippen LogP contribution in [0.3, 0.4) is 0 Å². The molecule has 2 heteroatoms. The molecule has 0 spiro atoms. The molecule has 0 bridgehead atoms. The number of quaternary nitrogens is 2. The van der Waals surface area contributed by atoms with Gasteiger partial charge in [0, 0.05) is 11.1 Å². The van der Waals surface area contributed by atoms with E-state index >= 15 is 0 Å². The van der Waals surface area contributed by atoms with E-state index in [4.69, 9.17) is 0 Å². The van der Waals surface area contributed by atoms with E-state index in [1.54, 1.807) is 16.7 Å². The van der Waals surface area contributed by atoms with Crippen LogP contribution in [-0.2, 0) is 19.5 Å². The number of unbranched alkanes of at least 4 members (excludes halogenated alkanes) is 9. The fraction of sp³-hybridized carbons (Fsp3) is 0.778. The quantitative estimate of drug-likeness (QED) is 0.221. The van der Waals surface area contributed by atoms with Crippen LogP contribution in [0.1, 0.15) is 93.4 Å². The minimum atomic E-state index is 0.992. The Balaban J connectivity index is 2.57. The van der Waals surface area contributed by atoms with Crippen molar-refractivity contribution in [2.24, 2.45) is 0 Å². The van der Waals surface area contributed by atoms with Crippen LogP contribution in [0, 0.1) is 6.92 Å². The fourth-order valence-corrected chi connectivity index (χ4v) is 4.22. The monoisotopic (exact) mass is 404 g/mol. The van der Waals surface area contributed by atoms with Gasteiger partial charge in [0.1, 0.15) is 13.1 Å². The van der Waals surface area contributed by atoms with Gasteiger partial charge in [0.15, 0.2) is 0 Å². The van der Waals surface area contributed by atoms with Crippen LogP contribution in [0.4, 0.5) is 0 Å². The topological polar surface area (TPSA) is 0 Å². The SMILES string of the molecule is CCCCCCCCCCCCc1cc(C[N+](C)(C)C)c(C)c(C[N+](C)(C)C)c1. The number of benzene rings is 1. The molecule has 1 rings (SSSR count). The minimum absolute atomic E-state index is 0.992. The smallest absolute Gasteiger partial charge is 0.104 e. The summed E-state index contributed by atoms with van der Waals surface area (Å²) < 4.78 is 1.98. The molecule has 0 aliphatic heterocycles. The average Bonchev–Trinajstić information content (AvgIpc) is 2.58. The maximum absolute atomic E-state index is 2.51. The largest absolute Gasteiger partial charge is 0.327 e. The van der Waals surface area contributed by atoms with Crippen molar-refractivity contribution < 1.29 is 8.97 Å². The zero-order chi connectivity index (χ0) is 21.9. The van der Waals surface area contributed by atoms with E-state index < -0.39 is 0 Å². The van der Waals surface area contributed by atoms with Crippen molar-refractivity contribution in [1.29, 1.82) is 0 Å². The van der Waals surface area contributed by atoms with E-state index in [0.717, 1.165) is 22.1 Å². The molecular weight excluding hydrogens is 352 g/mol. The summed E-state index contributed by atoms with van der Waals surface area (Å²) in [5.74, 6) is 0. The molecule has 0 saturated carbocycles. The second-order valence-electron chi connectivity index (χ2n) is 11.4. The van der Waals surface area contributed by atoms with Crippen molar-refractivity contribution in [1.82, 2.24) is 0 Å². The minimum Gasteiger partial charge on any atom is -0.327 e. The second-order valence-corrected chi connectivity index (χ2v) is 11.4. The molecule has 0 amide bonds. The molecule has 0 N–H and O–H groups in total. The van der Waals surface area contributed by atoms with Crippen molar-refractivity contribution in [3.8, 4) is 0 Å². The Morgan fingerprint density at radius 3 is 1.34 bits per heavy atom. The summed E-state index contributed by atoms with van der Waals surface area (Å²) in [5, 5.41) is 0. The molecule has 1 aromatic carbocycles. The lowest BCUT2D eigenvalue weighted by Gasteiger charge is -2.28. The van der Waals surface area contributed by atoms with Gasteiger partial charge < -0.3 is 8.97 Å². The Kier molecular flexibility index (Phi) is 11.5. The van der Waals surface area contributed by atoms with E-state index in [1.165, 1.54) is 76.2 Å². The van der Waals surface area contributed by atoms with Gasteiger partial charge in [0.05, 0.1) is 42.3 Å². The Labute approximate surface area is 183 Å². The van der Waals surface area contributed by atoms with Crippen LogP contribution in [0.15, 0.2) is 12.1 Å². The Bertz CT molecular complexity index is 538. The van der Waals surface area contributed by atoms with Crippen LogP contribution >= 0.6 is 0 Å². The van der Waals surface area contributed by atoms with E-state index in [1.807, 2.05) is 0 Å². The highest BCUT2D eigenvalue weighted by atomic mass is 15.3. The molecule has 2 nitrogen and oxygen atoms in total. The lowest BCUT2D eigenvalue weighted by atomic mass is 9.94. The molecule has 0 radical (unpaired) electrons. The zero-order valence-electron chi connectivity index (χ0n) is 21.2. The molecular formula is C27H52N2+2. The predicted molar refractivity (Wildman–Crippen MR) is 130 cm³/mol. The maximum atomic E-state index is 2.51. The summed E-state index contributed by atoms with van der Waals surface area (Å²) in [6.45, 7) is 6.86. The van der Waals surface area contributed by atoms with Crippen LogP contribution < -0.4 is 0 Å². The molecule has 0 aliphatic carbocycles. The van der Waals surface area contributed by atoms with Gasteiger partial charge in [0.25, 0.3) is 0 Å². The highest BCUT2D eigenvalue weighted by Gasteiger charge is 2.18.